The topological polar surface area (TPSA) is 44.4 Å². The summed E-state index contributed by atoms with van der Waals surface area (Å²) in [7, 11) is 2.70. The Morgan fingerprint density at radius 3 is 2.72 bits per heavy atom. The van der Waals surface area contributed by atoms with E-state index in [0.29, 0.717) is 5.69 Å². The van der Waals surface area contributed by atoms with Gasteiger partial charge in [0.25, 0.3) is 0 Å². The Labute approximate surface area is 135 Å². The molecule has 2 amide bonds. The predicted molar refractivity (Wildman–Crippen MR) is 71.7 cm³/mol. The quantitative estimate of drug-likeness (QED) is 0.638. The van der Waals surface area contributed by atoms with Crippen LogP contribution in [0.15, 0.2) is 24.3 Å². The molecule has 0 spiro atoms. The van der Waals surface area contributed by atoms with E-state index in [4.69, 9.17) is 0 Å². The minimum absolute atomic E-state index is 0. The summed E-state index contributed by atoms with van der Waals surface area (Å²) >= 11 is 0. The number of rotatable bonds is 2. The first kappa shape index (κ1) is 16.0. The fourth-order valence-electron chi connectivity index (χ4n) is 1.86. The van der Waals surface area contributed by atoms with Crippen LogP contribution in [-0.4, -0.2) is 29.8 Å². The molecule has 0 saturated carbocycles. The number of hydrogen-bond donors (Lipinski definition) is 2. The van der Waals surface area contributed by atoms with Crippen LogP contribution >= 0.6 is 9.39 Å². The van der Waals surface area contributed by atoms with E-state index in [2.05, 4.69) is 30.8 Å². The van der Waals surface area contributed by atoms with Gasteiger partial charge in [-0.3, -0.25) is 4.67 Å². The molecule has 1 fully saturated rings. The summed E-state index contributed by atoms with van der Waals surface area (Å²) in [6.07, 6.45) is 1.99. The van der Waals surface area contributed by atoms with Gasteiger partial charge in [-0.25, -0.2) is 4.79 Å². The number of nitrogens with zero attached hydrogens (tertiary/aromatic N) is 1. The van der Waals surface area contributed by atoms with Crippen LogP contribution < -0.4 is 10.6 Å². The Morgan fingerprint density at radius 2 is 2.11 bits per heavy atom. The average Bonchev–Trinajstić information content (AvgIpc) is 2.33. The molecule has 1 aromatic carbocycles. The molecule has 4 nitrogen and oxygen atoms in total. The Kier molecular flexibility index (Phi) is 7.32. The SMILES string of the molecule is O=C(Nc1[c-]cccc1)NC1CCN(P)CC1.[Y]. The van der Waals surface area contributed by atoms with Gasteiger partial charge < -0.3 is 10.6 Å². The minimum Gasteiger partial charge on any atom is -0.335 e. The summed E-state index contributed by atoms with van der Waals surface area (Å²) in [4.78, 5) is 11.7. The molecule has 18 heavy (non-hydrogen) atoms. The molecule has 95 valence electrons. The number of urea groups is 1. The molecule has 1 unspecified atom stereocenters. The standard InChI is InChI=1S/C12H17N3OP.Y/c16-12(13-10-4-2-1-3-5-10)14-11-6-8-15(17)9-7-11;/h1-4,11H,6-9,17H2,(H2,13,14,16);/q-1;. The number of benzene rings is 1. The fraction of sp³-hybridized carbons (Fsp3) is 0.417. The Morgan fingerprint density at radius 1 is 1.39 bits per heavy atom. The van der Waals surface area contributed by atoms with Gasteiger partial charge in [0.1, 0.15) is 0 Å². The van der Waals surface area contributed by atoms with E-state index in [-0.39, 0.29) is 44.8 Å². The van der Waals surface area contributed by atoms with E-state index in [1.54, 1.807) is 6.07 Å². The van der Waals surface area contributed by atoms with Crippen molar-refractivity contribution in [2.75, 3.05) is 18.4 Å². The van der Waals surface area contributed by atoms with Crippen molar-refractivity contribution in [1.82, 2.24) is 9.99 Å². The smallest absolute Gasteiger partial charge is 0.317 e. The number of piperidine rings is 1. The second kappa shape index (κ2) is 8.21. The molecule has 1 radical (unpaired) electrons. The first-order chi connectivity index (χ1) is 8.24. The molecule has 6 heteroatoms. The maximum Gasteiger partial charge on any atom is 0.317 e. The minimum atomic E-state index is -0.144. The van der Waals surface area contributed by atoms with Gasteiger partial charge in [-0.05, 0) is 12.8 Å². The first-order valence-corrected chi connectivity index (χ1v) is 6.29. The van der Waals surface area contributed by atoms with E-state index in [1.165, 1.54) is 0 Å². The Bertz CT molecular complexity index is 369. The number of para-hydroxylation sites is 1. The summed E-state index contributed by atoms with van der Waals surface area (Å²) in [6, 6.07) is 10.4. The average molecular weight is 339 g/mol. The van der Waals surface area contributed by atoms with E-state index in [1.807, 2.05) is 18.2 Å². The van der Waals surface area contributed by atoms with Gasteiger partial charge in [0.15, 0.2) is 0 Å². The molecule has 1 aliphatic rings. The van der Waals surface area contributed by atoms with Gasteiger partial charge >= 0.3 is 6.03 Å². The van der Waals surface area contributed by atoms with Crippen molar-refractivity contribution < 1.29 is 37.5 Å². The van der Waals surface area contributed by atoms with Gasteiger partial charge in [0.2, 0.25) is 0 Å². The number of carbonyl (C=O) groups is 1. The largest absolute Gasteiger partial charge is 0.335 e. The van der Waals surface area contributed by atoms with Crippen molar-refractivity contribution >= 4 is 21.1 Å². The van der Waals surface area contributed by atoms with Gasteiger partial charge in [0.05, 0.1) is 0 Å². The van der Waals surface area contributed by atoms with Crippen molar-refractivity contribution in [3.05, 3.63) is 30.3 Å². The third-order valence-corrected chi connectivity index (χ3v) is 3.34. The van der Waals surface area contributed by atoms with Crippen molar-refractivity contribution in [3.8, 4) is 0 Å². The summed E-state index contributed by atoms with van der Waals surface area (Å²) in [5.74, 6) is 0. The van der Waals surface area contributed by atoms with Crippen LogP contribution in [0.1, 0.15) is 12.8 Å². The monoisotopic (exact) mass is 339 g/mol. The maximum absolute atomic E-state index is 11.7. The Hall–Kier alpha value is -0.0161. The molecule has 0 bridgehead atoms. The first-order valence-electron chi connectivity index (χ1n) is 5.78. The molecular formula is C12H17N3OPY-. The van der Waals surface area contributed by atoms with Crippen molar-refractivity contribution in [2.45, 2.75) is 18.9 Å². The summed E-state index contributed by atoms with van der Waals surface area (Å²) in [5, 5.41) is 5.76. The summed E-state index contributed by atoms with van der Waals surface area (Å²) in [6.45, 7) is 2.01. The van der Waals surface area contributed by atoms with E-state index in [9.17, 15) is 4.79 Å². The zero-order chi connectivity index (χ0) is 12.1. The van der Waals surface area contributed by atoms with Crippen LogP contribution in [0.2, 0.25) is 0 Å². The second-order valence-electron chi connectivity index (χ2n) is 4.18. The van der Waals surface area contributed by atoms with Crippen LogP contribution in [0.5, 0.6) is 0 Å². The molecular weight excluding hydrogens is 322 g/mol. The van der Waals surface area contributed by atoms with Crippen LogP contribution in [0.3, 0.4) is 0 Å². The molecule has 0 aliphatic carbocycles. The van der Waals surface area contributed by atoms with Crippen molar-refractivity contribution in [1.29, 1.82) is 0 Å². The van der Waals surface area contributed by atoms with Crippen LogP contribution in [0.25, 0.3) is 0 Å². The predicted octanol–water partition coefficient (Wildman–Crippen LogP) is 1.86. The molecule has 1 atom stereocenters. The van der Waals surface area contributed by atoms with Gasteiger partial charge in [-0.1, -0.05) is 15.1 Å². The molecule has 1 aromatic rings. The van der Waals surface area contributed by atoms with E-state index < -0.39 is 0 Å². The van der Waals surface area contributed by atoms with Crippen LogP contribution in [-0.2, 0) is 32.7 Å². The number of anilines is 1. The number of amides is 2. The van der Waals surface area contributed by atoms with Gasteiger partial charge in [-0.15, -0.1) is 6.07 Å². The fourth-order valence-corrected chi connectivity index (χ4v) is 2.16. The third kappa shape index (κ3) is 5.32. The molecule has 2 N–H and O–H groups in total. The molecule has 2 rings (SSSR count). The zero-order valence-corrected chi connectivity index (χ0v) is 14.2. The maximum atomic E-state index is 11.7. The molecule has 0 aromatic heterocycles. The van der Waals surface area contributed by atoms with Crippen LogP contribution in [0.4, 0.5) is 10.5 Å². The molecule has 1 saturated heterocycles. The molecule has 1 aliphatic heterocycles. The van der Waals surface area contributed by atoms with Gasteiger partial charge in [-0.2, -0.15) is 24.3 Å². The zero-order valence-electron chi connectivity index (χ0n) is 10.2. The number of carbonyl (C=O) groups excluding carboxylic acids is 1. The summed E-state index contributed by atoms with van der Waals surface area (Å²) < 4.78 is 2.20. The third-order valence-electron chi connectivity index (χ3n) is 2.82. The van der Waals surface area contributed by atoms with Crippen molar-refractivity contribution in [2.24, 2.45) is 0 Å². The van der Waals surface area contributed by atoms with E-state index >= 15 is 0 Å². The number of nitrogens with one attached hydrogen (secondary N) is 2. The normalized spacial score (nSPS) is 16.7. The van der Waals surface area contributed by atoms with Gasteiger partial charge in [0, 0.05) is 51.8 Å². The second-order valence-corrected chi connectivity index (χ2v) is 4.92. The Balaban J connectivity index is 0.00000162. The summed E-state index contributed by atoms with van der Waals surface area (Å²) in [5.41, 5.74) is 0.702. The van der Waals surface area contributed by atoms with E-state index in [0.717, 1.165) is 25.9 Å². The molecule has 1 heterocycles. The van der Waals surface area contributed by atoms with Crippen molar-refractivity contribution in [3.63, 3.8) is 0 Å². The number of hydrogen-bond acceptors (Lipinski definition) is 2. The van der Waals surface area contributed by atoms with Crippen LogP contribution in [0, 0.1) is 6.07 Å².